The molecule has 7 nitrogen and oxygen atoms in total. The first-order valence-corrected chi connectivity index (χ1v) is 6.98. The van der Waals surface area contributed by atoms with Gasteiger partial charge in [0.15, 0.2) is 5.03 Å². The number of aryl methyl sites for hydroxylation is 1. The quantitative estimate of drug-likeness (QED) is 0.776. The van der Waals surface area contributed by atoms with Crippen LogP contribution in [0.15, 0.2) is 36.0 Å². The second kappa shape index (κ2) is 3.92. The van der Waals surface area contributed by atoms with Gasteiger partial charge >= 0.3 is 0 Å². The molecule has 2 aromatic heterocycles. The lowest BCUT2D eigenvalue weighted by Gasteiger charge is -2.37. The van der Waals surface area contributed by atoms with Crippen LogP contribution in [-0.2, 0) is 17.1 Å². The second-order valence-corrected chi connectivity index (χ2v) is 6.22. The molecule has 0 radical (unpaired) electrons. The fourth-order valence-corrected chi connectivity index (χ4v) is 3.41. The lowest BCUT2D eigenvalue weighted by Crippen LogP contribution is -2.50. The lowest BCUT2D eigenvalue weighted by atomic mass is 10.2. The van der Waals surface area contributed by atoms with E-state index in [4.69, 9.17) is 0 Å². The van der Waals surface area contributed by atoms with Crippen LogP contribution in [0.3, 0.4) is 0 Å². The predicted molar refractivity (Wildman–Crippen MR) is 63.2 cm³/mol. The highest BCUT2D eigenvalue weighted by Gasteiger charge is 2.38. The van der Waals surface area contributed by atoms with Crippen LogP contribution in [0.1, 0.15) is 6.04 Å². The minimum Gasteiger partial charge on any atom is -0.339 e. The number of hydrogen-bond acceptors (Lipinski definition) is 4. The summed E-state index contributed by atoms with van der Waals surface area (Å²) in [5, 5.41) is 4.21. The standard InChI is InChI=1S/C10H13N5O2S/c1-13-7-10(11-8-13)18(16,17)14-5-9(6-14)15-4-2-3-12-15/h2-4,7-9H,5-6H2,1H3. The highest BCUT2D eigenvalue weighted by atomic mass is 32.2. The fraction of sp³-hybridized carbons (Fsp3) is 0.400. The fourth-order valence-electron chi connectivity index (χ4n) is 1.93. The molecule has 0 amide bonds. The number of sulfonamides is 1. The summed E-state index contributed by atoms with van der Waals surface area (Å²) in [6.07, 6.45) is 6.53. The van der Waals surface area contributed by atoms with Gasteiger partial charge in [0, 0.05) is 38.7 Å². The molecular weight excluding hydrogens is 254 g/mol. The summed E-state index contributed by atoms with van der Waals surface area (Å²) >= 11 is 0. The summed E-state index contributed by atoms with van der Waals surface area (Å²) in [6, 6.07) is 1.95. The monoisotopic (exact) mass is 267 g/mol. The summed E-state index contributed by atoms with van der Waals surface area (Å²) in [5.74, 6) is 0. The van der Waals surface area contributed by atoms with E-state index in [0.717, 1.165) is 0 Å². The summed E-state index contributed by atoms with van der Waals surface area (Å²) < 4.78 is 29.1. The van der Waals surface area contributed by atoms with E-state index < -0.39 is 10.0 Å². The first-order valence-electron chi connectivity index (χ1n) is 5.54. The van der Waals surface area contributed by atoms with E-state index in [1.54, 1.807) is 22.5 Å². The molecule has 0 aliphatic carbocycles. The van der Waals surface area contributed by atoms with Crippen molar-refractivity contribution in [1.29, 1.82) is 0 Å². The Morgan fingerprint density at radius 3 is 2.72 bits per heavy atom. The zero-order valence-corrected chi connectivity index (χ0v) is 10.7. The van der Waals surface area contributed by atoms with Gasteiger partial charge in [-0.25, -0.2) is 13.4 Å². The summed E-state index contributed by atoms with van der Waals surface area (Å²) in [6.45, 7) is 0.890. The molecule has 3 heterocycles. The Balaban J connectivity index is 1.75. The normalized spacial score (nSPS) is 17.8. The van der Waals surface area contributed by atoms with Gasteiger partial charge in [-0.2, -0.15) is 9.40 Å². The third kappa shape index (κ3) is 1.73. The number of imidazole rings is 1. The van der Waals surface area contributed by atoms with Crippen LogP contribution < -0.4 is 0 Å². The summed E-state index contributed by atoms with van der Waals surface area (Å²) in [5.41, 5.74) is 0. The van der Waals surface area contributed by atoms with E-state index >= 15 is 0 Å². The number of rotatable bonds is 3. The van der Waals surface area contributed by atoms with Crippen molar-refractivity contribution in [2.24, 2.45) is 7.05 Å². The molecule has 3 rings (SSSR count). The van der Waals surface area contributed by atoms with Gasteiger partial charge in [-0.05, 0) is 6.07 Å². The minimum absolute atomic E-state index is 0.101. The third-order valence-electron chi connectivity index (χ3n) is 3.01. The van der Waals surface area contributed by atoms with Gasteiger partial charge in [0.05, 0.1) is 12.4 Å². The Morgan fingerprint density at radius 1 is 1.39 bits per heavy atom. The van der Waals surface area contributed by atoms with Crippen LogP contribution in [0.5, 0.6) is 0 Å². The molecule has 0 aromatic carbocycles. The molecule has 8 heteroatoms. The van der Waals surface area contributed by atoms with E-state index in [9.17, 15) is 8.42 Å². The molecule has 1 aliphatic rings. The first kappa shape index (κ1) is 11.4. The summed E-state index contributed by atoms with van der Waals surface area (Å²) in [7, 11) is -1.70. The van der Waals surface area contributed by atoms with Gasteiger partial charge in [0.1, 0.15) is 0 Å². The van der Waals surface area contributed by atoms with Gasteiger partial charge < -0.3 is 4.57 Å². The van der Waals surface area contributed by atoms with Crippen LogP contribution in [0.4, 0.5) is 0 Å². The highest BCUT2D eigenvalue weighted by Crippen LogP contribution is 2.26. The maximum absolute atomic E-state index is 12.2. The molecule has 1 aliphatic heterocycles. The van der Waals surface area contributed by atoms with Crippen LogP contribution in [0.25, 0.3) is 0 Å². The van der Waals surface area contributed by atoms with Crippen molar-refractivity contribution in [3.05, 3.63) is 31.0 Å². The van der Waals surface area contributed by atoms with Crippen LogP contribution >= 0.6 is 0 Å². The van der Waals surface area contributed by atoms with Crippen molar-refractivity contribution >= 4 is 10.0 Å². The molecule has 0 saturated carbocycles. The number of hydrogen-bond donors (Lipinski definition) is 0. The van der Waals surface area contributed by atoms with Crippen molar-refractivity contribution < 1.29 is 8.42 Å². The lowest BCUT2D eigenvalue weighted by molar-refractivity contribution is 0.191. The Kier molecular flexibility index (Phi) is 2.49. The molecule has 0 N–H and O–H groups in total. The van der Waals surface area contributed by atoms with Gasteiger partial charge in [0.25, 0.3) is 10.0 Å². The zero-order valence-electron chi connectivity index (χ0n) is 9.84. The predicted octanol–water partition coefficient (Wildman–Crippen LogP) is -0.138. The molecule has 1 fully saturated rings. The molecular formula is C10H13N5O2S. The van der Waals surface area contributed by atoms with E-state index in [-0.39, 0.29) is 11.1 Å². The molecule has 0 spiro atoms. The van der Waals surface area contributed by atoms with Crippen LogP contribution in [0.2, 0.25) is 0 Å². The average molecular weight is 267 g/mol. The van der Waals surface area contributed by atoms with Gasteiger partial charge in [0.2, 0.25) is 0 Å². The minimum atomic E-state index is -3.45. The molecule has 0 bridgehead atoms. The Labute approximate surface area is 105 Å². The zero-order chi connectivity index (χ0) is 12.8. The second-order valence-electron chi connectivity index (χ2n) is 4.34. The summed E-state index contributed by atoms with van der Waals surface area (Å²) in [4.78, 5) is 3.89. The maximum atomic E-state index is 12.2. The van der Waals surface area contributed by atoms with Crippen molar-refractivity contribution in [3.8, 4) is 0 Å². The van der Waals surface area contributed by atoms with Crippen molar-refractivity contribution in [3.63, 3.8) is 0 Å². The van der Waals surface area contributed by atoms with Crippen molar-refractivity contribution in [2.45, 2.75) is 11.1 Å². The maximum Gasteiger partial charge on any atom is 0.262 e. The van der Waals surface area contributed by atoms with Gasteiger partial charge in [-0.15, -0.1) is 0 Å². The van der Waals surface area contributed by atoms with Gasteiger partial charge in [-0.3, -0.25) is 4.68 Å². The van der Waals surface area contributed by atoms with E-state index in [1.807, 2.05) is 12.3 Å². The van der Waals surface area contributed by atoms with Crippen molar-refractivity contribution in [2.75, 3.05) is 13.1 Å². The highest BCUT2D eigenvalue weighted by molar-refractivity contribution is 7.89. The van der Waals surface area contributed by atoms with Crippen molar-refractivity contribution in [1.82, 2.24) is 23.6 Å². The molecule has 0 unspecified atom stereocenters. The van der Waals surface area contributed by atoms with E-state index in [1.165, 1.54) is 16.8 Å². The number of nitrogens with zero attached hydrogens (tertiary/aromatic N) is 5. The molecule has 96 valence electrons. The van der Waals surface area contributed by atoms with Crippen LogP contribution in [-0.4, -0.2) is 45.1 Å². The smallest absolute Gasteiger partial charge is 0.262 e. The largest absolute Gasteiger partial charge is 0.339 e. The van der Waals surface area contributed by atoms with Gasteiger partial charge in [-0.1, -0.05) is 0 Å². The topological polar surface area (TPSA) is 73.0 Å². The Hall–Kier alpha value is -1.67. The molecule has 1 saturated heterocycles. The Morgan fingerprint density at radius 2 is 2.17 bits per heavy atom. The Bertz CT molecular complexity index is 640. The van der Waals surface area contributed by atoms with E-state index in [2.05, 4.69) is 10.1 Å². The SMILES string of the molecule is Cn1cnc(S(=O)(=O)N2CC(n3cccn3)C2)c1. The molecule has 18 heavy (non-hydrogen) atoms. The van der Waals surface area contributed by atoms with Crippen LogP contribution in [0, 0.1) is 0 Å². The number of aromatic nitrogens is 4. The first-order chi connectivity index (χ1) is 8.57. The average Bonchev–Trinajstić information content (AvgIpc) is 2.86. The molecule has 2 aromatic rings. The molecule has 0 atom stereocenters. The van der Waals surface area contributed by atoms with E-state index in [0.29, 0.717) is 13.1 Å². The third-order valence-corrected chi connectivity index (χ3v) is 4.73.